The number of hydrogen-bond donors (Lipinski definition) is 1. The first-order valence-corrected chi connectivity index (χ1v) is 10.7. The molecule has 6 heteroatoms. The molecule has 1 aromatic carbocycles. The summed E-state index contributed by atoms with van der Waals surface area (Å²) in [7, 11) is 0. The summed E-state index contributed by atoms with van der Waals surface area (Å²) < 4.78 is 13.2. The lowest BCUT2D eigenvalue weighted by Crippen LogP contribution is -2.49. The fourth-order valence-electron chi connectivity index (χ4n) is 4.47. The number of aliphatic hydroxyl groups is 1. The van der Waals surface area contributed by atoms with Gasteiger partial charge >= 0.3 is 0 Å². The van der Waals surface area contributed by atoms with Crippen LogP contribution in [0.4, 0.5) is 4.39 Å². The van der Waals surface area contributed by atoms with Gasteiger partial charge in [-0.15, -0.1) is 0 Å². The number of benzene rings is 1. The summed E-state index contributed by atoms with van der Waals surface area (Å²) in [4.78, 5) is 11.4. The maximum atomic E-state index is 13.2. The summed E-state index contributed by atoms with van der Waals surface area (Å²) in [5, 5.41) is 12.1. The van der Waals surface area contributed by atoms with Crippen LogP contribution in [0.25, 0.3) is 0 Å². The van der Waals surface area contributed by atoms with Gasteiger partial charge in [0.1, 0.15) is 5.82 Å². The van der Waals surface area contributed by atoms with Gasteiger partial charge < -0.3 is 5.11 Å². The summed E-state index contributed by atoms with van der Waals surface area (Å²) in [6.45, 7) is 2.98. The lowest BCUT2D eigenvalue weighted by molar-refractivity contribution is -0.0595. The highest BCUT2D eigenvalue weighted by Gasteiger charge is 2.48. The topological polar surface area (TPSA) is 49.2 Å². The van der Waals surface area contributed by atoms with Crippen LogP contribution in [0, 0.1) is 5.82 Å². The first-order chi connectivity index (χ1) is 13.1. The second-order valence-electron chi connectivity index (χ2n) is 7.73. The summed E-state index contributed by atoms with van der Waals surface area (Å²) >= 11 is 1.69. The molecule has 2 fully saturated rings. The Labute approximate surface area is 164 Å². The molecule has 4 nitrogen and oxygen atoms in total. The van der Waals surface area contributed by atoms with Crippen LogP contribution in [0.3, 0.4) is 0 Å². The van der Waals surface area contributed by atoms with Crippen molar-refractivity contribution in [3.8, 4) is 0 Å². The number of nitrogens with zero attached hydrogens (tertiary/aromatic N) is 3. The molecule has 1 aromatic heterocycles. The van der Waals surface area contributed by atoms with Crippen LogP contribution in [-0.2, 0) is 12.1 Å². The fourth-order valence-corrected chi connectivity index (χ4v) is 5.11. The van der Waals surface area contributed by atoms with Gasteiger partial charge in [-0.2, -0.15) is 0 Å². The van der Waals surface area contributed by atoms with Crippen molar-refractivity contribution >= 4 is 11.8 Å². The molecule has 4 rings (SSSR count). The number of rotatable bonds is 6. The third-order valence-corrected chi connectivity index (χ3v) is 6.86. The molecule has 1 unspecified atom stereocenters. The molecular formula is C21H26FN3OS. The molecule has 0 spiro atoms. The number of aromatic nitrogens is 2. The van der Waals surface area contributed by atoms with Gasteiger partial charge in [0.15, 0.2) is 5.16 Å². The van der Waals surface area contributed by atoms with Crippen LogP contribution < -0.4 is 0 Å². The van der Waals surface area contributed by atoms with Crippen LogP contribution in [0.1, 0.15) is 50.2 Å². The Kier molecular flexibility index (Phi) is 5.48. The zero-order valence-corrected chi connectivity index (χ0v) is 16.5. The molecule has 144 valence electrons. The SMILES string of the molecule is CCCSc1ncc(CN2[C@@H]3CC[C@H]2CC(O)(c2ccc(F)cc2)C3)cn1. The van der Waals surface area contributed by atoms with E-state index in [0.717, 1.165) is 47.8 Å². The molecule has 2 bridgehead atoms. The molecule has 0 amide bonds. The van der Waals surface area contributed by atoms with Gasteiger partial charge in [-0.1, -0.05) is 30.8 Å². The predicted octanol–water partition coefficient (Wildman–Crippen LogP) is 4.13. The lowest BCUT2D eigenvalue weighted by atomic mass is 9.80. The first-order valence-electron chi connectivity index (χ1n) is 9.75. The van der Waals surface area contributed by atoms with E-state index in [2.05, 4.69) is 21.8 Å². The zero-order chi connectivity index (χ0) is 18.9. The Hall–Kier alpha value is -1.50. The standard InChI is InChI=1S/C21H26FN3OS/c1-2-9-27-20-23-12-15(13-24-20)14-25-18-7-8-19(25)11-21(26,10-18)16-3-5-17(22)6-4-16/h3-6,12-13,18-19,26H,2,7-11,14H2,1H3/t18-,19+,21?. The number of piperidine rings is 1. The highest BCUT2D eigenvalue weighted by molar-refractivity contribution is 7.99. The molecule has 27 heavy (non-hydrogen) atoms. The van der Waals surface area contributed by atoms with E-state index < -0.39 is 5.60 Å². The molecule has 3 atom stereocenters. The van der Waals surface area contributed by atoms with E-state index in [1.807, 2.05) is 12.4 Å². The molecule has 2 saturated heterocycles. The van der Waals surface area contributed by atoms with E-state index in [9.17, 15) is 9.50 Å². The third-order valence-electron chi connectivity index (χ3n) is 5.78. The van der Waals surface area contributed by atoms with Crippen LogP contribution in [0.15, 0.2) is 41.8 Å². The van der Waals surface area contributed by atoms with E-state index in [-0.39, 0.29) is 5.82 Å². The van der Waals surface area contributed by atoms with Crippen LogP contribution in [-0.4, -0.2) is 37.8 Å². The smallest absolute Gasteiger partial charge is 0.187 e. The molecule has 0 saturated carbocycles. The monoisotopic (exact) mass is 387 g/mol. The van der Waals surface area contributed by atoms with Crippen molar-refractivity contribution in [2.75, 3.05) is 5.75 Å². The molecule has 0 aliphatic carbocycles. The Morgan fingerprint density at radius 1 is 1.15 bits per heavy atom. The third kappa shape index (κ3) is 4.03. The average Bonchev–Trinajstić information content (AvgIpc) is 2.91. The van der Waals surface area contributed by atoms with E-state index >= 15 is 0 Å². The number of hydrogen-bond acceptors (Lipinski definition) is 5. The summed E-state index contributed by atoms with van der Waals surface area (Å²) in [5.41, 5.74) is 1.11. The van der Waals surface area contributed by atoms with E-state index in [1.54, 1.807) is 23.9 Å². The second kappa shape index (κ2) is 7.86. The largest absolute Gasteiger partial charge is 0.385 e. The maximum Gasteiger partial charge on any atom is 0.187 e. The second-order valence-corrected chi connectivity index (χ2v) is 8.79. The van der Waals surface area contributed by atoms with Crippen molar-refractivity contribution in [3.63, 3.8) is 0 Å². The molecule has 2 aromatic rings. The van der Waals surface area contributed by atoms with Crippen molar-refractivity contribution in [2.24, 2.45) is 0 Å². The molecule has 2 aliphatic rings. The minimum Gasteiger partial charge on any atom is -0.385 e. The van der Waals surface area contributed by atoms with Crippen LogP contribution >= 0.6 is 11.8 Å². The maximum absolute atomic E-state index is 13.2. The van der Waals surface area contributed by atoms with Crippen molar-refractivity contribution in [2.45, 2.75) is 68.4 Å². The van der Waals surface area contributed by atoms with Gasteiger partial charge in [0.2, 0.25) is 0 Å². The minimum absolute atomic E-state index is 0.261. The Bertz CT molecular complexity index is 754. The van der Waals surface area contributed by atoms with Gasteiger partial charge in [0.25, 0.3) is 0 Å². The Morgan fingerprint density at radius 3 is 2.37 bits per heavy atom. The Morgan fingerprint density at radius 2 is 1.78 bits per heavy atom. The van der Waals surface area contributed by atoms with Crippen molar-refractivity contribution in [1.82, 2.24) is 14.9 Å². The van der Waals surface area contributed by atoms with Crippen LogP contribution in [0.5, 0.6) is 0 Å². The molecule has 3 heterocycles. The van der Waals surface area contributed by atoms with E-state index in [4.69, 9.17) is 0 Å². The molecule has 2 aliphatic heterocycles. The zero-order valence-electron chi connectivity index (χ0n) is 15.6. The summed E-state index contributed by atoms with van der Waals surface area (Å²) in [6, 6.07) is 7.02. The van der Waals surface area contributed by atoms with Gasteiger partial charge in [-0.25, -0.2) is 14.4 Å². The van der Waals surface area contributed by atoms with Gasteiger partial charge in [0.05, 0.1) is 5.60 Å². The highest BCUT2D eigenvalue weighted by Crippen LogP contribution is 2.46. The van der Waals surface area contributed by atoms with E-state index in [1.165, 1.54) is 12.1 Å². The van der Waals surface area contributed by atoms with Gasteiger partial charge in [0, 0.05) is 42.3 Å². The normalized spacial score (nSPS) is 27.8. The number of fused-ring (bicyclic) bond motifs is 2. The average molecular weight is 388 g/mol. The molecular weight excluding hydrogens is 361 g/mol. The van der Waals surface area contributed by atoms with Gasteiger partial charge in [-0.3, -0.25) is 4.90 Å². The van der Waals surface area contributed by atoms with Crippen LogP contribution in [0.2, 0.25) is 0 Å². The van der Waals surface area contributed by atoms with E-state index in [0.29, 0.717) is 24.9 Å². The fraction of sp³-hybridized carbons (Fsp3) is 0.524. The van der Waals surface area contributed by atoms with Crippen molar-refractivity contribution < 1.29 is 9.50 Å². The summed E-state index contributed by atoms with van der Waals surface area (Å²) in [6.07, 6.45) is 8.57. The number of thioether (sulfide) groups is 1. The quantitative estimate of drug-likeness (QED) is 0.596. The lowest BCUT2D eigenvalue weighted by Gasteiger charge is -2.44. The first kappa shape index (κ1) is 18.8. The van der Waals surface area contributed by atoms with Crippen molar-refractivity contribution in [3.05, 3.63) is 53.6 Å². The summed E-state index contributed by atoms with van der Waals surface area (Å²) in [5.74, 6) is 0.778. The minimum atomic E-state index is -0.854. The van der Waals surface area contributed by atoms with Crippen molar-refractivity contribution in [1.29, 1.82) is 0 Å². The molecule has 0 radical (unpaired) electrons. The molecule has 1 N–H and O–H groups in total. The highest BCUT2D eigenvalue weighted by atomic mass is 32.2. The number of halogens is 1. The van der Waals surface area contributed by atoms with Gasteiger partial charge in [-0.05, 0) is 49.8 Å². The predicted molar refractivity (Wildman–Crippen MR) is 105 cm³/mol. The Balaban J connectivity index is 1.44.